The van der Waals surface area contributed by atoms with Gasteiger partial charge >= 0.3 is 0 Å². The van der Waals surface area contributed by atoms with Gasteiger partial charge in [-0.1, -0.05) is 20.8 Å². The molecule has 0 amide bonds. The maximum Gasteiger partial charge on any atom is 0.152 e. The quantitative estimate of drug-likeness (QED) is 0.534. The summed E-state index contributed by atoms with van der Waals surface area (Å²) >= 11 is 0. The Labute approximate surface area is 61.3 Å². The van der Waals surface area contributed by atoms with Crippen LogP contribution in [-0.4, -0.2) is 12.5 Å². The van der Waals surface area contributed by atoms with Gasteiger partial charge in [0, 0.05) is 6.42 Å². The van der Waals surface area contributed by atoms with E-state index >= 15 is 0 Å². The van der Waals surface area contributed by atoms with Crippen LogP contribution >= 0.6 is 0 Å². The van der Waals surface area contributed by atoms with Crippen molar-refractivity contribution in [3.63, 3.8) is 0 Å². The number of hydrogen-bond acceptors (Lipinski definition) is 3. The van der Waals surface area contributed by atoms with E-state index in [9.17, 15) is 0 Å². The molecule has 0 aromatic heterocycles. The molecule has 0 aromatic carbocycles. The summed E-state index contributed by atoms with van der Waals surface area (Å²) in [5.74, 6) is 0.896. The molecule has 0 N–H and O–H groups in total. The summed E-state index contributed by atoms with van der Waals surface area (Å²) in [6.07, 6.45) is 0.927. The molecule has 1 rings (SSSR count). The number of hydrogen-bond donors (Lipinski definition) is 0. The molecule has 0 radical (unpaired) electrons. The summed E-state index contributed by atoms with van der Waals surface area (Å²) in [4.78, 5) is 4.10. The van der Waals surface area contributed by atoms with Crippen LogP contribution in [0, 0.1) is 5.41 Å². The number of nitrogens with zero attached hydrogens (tertiary/aromatic N) is 3. The van der Waals surface area contributed by atoms with Crippen LogP contribution < -0.4 is 0 Å². The lowest BCUT2D eigenvalue weighted by Gasteiger charge is -2.15. The lowest BCUT2D eigenvalue weighted by Crippen LogP contribution is -2.09. The predicted octanol–water partition coefficient (Wildman–Crippen LogP) is 2.24. The first-order valence-electron chi connectivity index (χ1n) is 3.49. The van der Waals surface area contributed by atoms with Crippen LogP contribution in [0.3, 0.4) is 0 Å². The van der Waals surface area contributed by atoms with Gasteiger partial charge in [0.25, 0.3) is 0 Å². The first-order valence-corrected chi connectivity index (χ1v) is 3.49. The number of azo groups is 1. The van der Waals surface area contributed by atoms with Crippen molar-refractivity contribution in [1.29, 1.82) is 0 Å². The normalized spacial score (nSPS) is 17.7. The Kier molecular flexibility index (Phi) is 1.83. The van der Waals surface area contributed by atoms with Crippen LogP contribution in [0.25, 0.3) is 0 Å². The van der Waals surface area contributed by atoms with Gasteiger partial charge < -0.3 is 0 Å². The molecule has 0 saturated carbocycles. The molecule has 1 aliphatic heterocycles. The van der Waals surface area contributed by atoms with Crippen molar-refractivity contribution in [3.05, 3.63) is 0 Å². The molecule has 0 spiro atoms. The smallest absolute Gasteiger partial charge is 0.152 e. The van der Waals surface area contributed by atoms with E-state index < -0.39 is 0 Å². The topological polar surface area (TPSA) is 37.1 Å². The molecular formula is C7H13N3. The minimum atomic E-state index is 0.280. The molecule has 10 heavy (non-hydrogen) atoms. The Hall–Kier alpha value is -0.730. The van der Waals surface area contributed by atoms with Crippen LogP contribution in [-0.2, 0) is 0 Å². The van der Waals surface area contributed by atoms with E-state index in [0.717, 1.165) is 12.3 Å². The Bertz CT molecular complexity index is 174. The van der Waals surface area contributed by atoms with Crippen LogP contribution in [0.4, 0.5) is 0 Å². The maximum atomic E-state index is 4.10. The van der Waals surface area contributed by atoms with Gasteiger partial charge in [0.2, 0.25) is 0 Å². The number of aliphatic imine (C=N–C) groups is 1. The van der Waals surface area contributed by atoms with E-state index in [2.05, 4.69) is 36.0 Å². The van der Waals surface area contributed by atoms with Gasteiger partial charge in [-0.3, -0.25) is 0 Å². The number of rotatable bonds is 1. The van der Waals surface area contributed by atoms with Crippen LogP contribution in [0.5, 0.6) is 0 Å². The van der Waals surface area contributed by atoms with Crippen molar-refractivity contribution in [1.82, 2.24) is 0 Å². The predicted molar refractivity (Wildman–Crippen MR) is 41.2 cm³/mol. The second-order valence-corrected chi connectivity index (χ2v) is 3.69. The Morgan fingerprint density at radius 3 is 2.50 bits per heavy atom. The van der Waals surface area contributed by atoms with E-state index in [1.807, 2.05) is 0 Å². The molecule has 56 valence electrons. The zero-order valence-corrected chi connectivity index (χ0v) is 6.76. The fourth-order valence-electron chi connectivity index (χ4n) is 0.824. The zero-order chi connectivity index (χ0) is 7.61. The van der Waals surface area contributed by atoms with Crippen LogP contribution in [0.15, 0.2) is 15.2 Å². The summed E-state index contributed by atoms with van der Waals surface area (Å²) in [6.45, 7) is 7.04. The second kappa shape index (κ2) is 2.48. The van der Waals surface area contributed by atoms with Crippen molar-refractivity contribution < 1.29 is 0 Å². The van der Waals surface area contributed by atoms with E-state index in [4.69, 9.17) is 0 Å². The Morgan fingerprint density at radius 2 is 2.10 bits per heavy atom. The van der Waals surface area contributed by atoms with Crippen molar-refractivity contribution in [2.75, 3.05) is 6.67 Å². The first-order chi connectivity index (χ1) is 4.58. The average Bonchev–Trinajstić information content (AvgIpc) is 2.12. The fourth-order valence-corrected chi connectivity index (χ4v) is 0.824. The van der Waals surface area contributed by atoms with Gasteiger partial charge in [-0.15, -0.1) is 5.11 Å². The highest BCUT2D eigenvalue weighted by Crippen LogP contribution is 2.20. The summed E-state index contributed by atoms with van der Waals surface area (Å²) in [5, 5.41) is 7.67. The monoisotopic (exact) mass is 139 g/mol. The minimum absolute atomic E-state index is 0.280. The largest absolute Gasteiger partial charge is 0.243 e. The Balaban J connectivity index is 2.46. The lowest BCUT2D eigenvalue weighted by molar-refractivity contribution is 0.432. The molecule has 3 heteroatoms. The highest BCUT2D eigenvalue weighted by atomic mass is 15.2. The highest BCUT2D eigenvalue weighted by molar-refractivity contribution is 5.83. The standard InChI is InChI=1S/C7H13N3/c1-7(2,3)4-6-8-5-9-10-6/h4-5H2,1-3H3. The molecule has 3 nitrogen and oxygen atoms in total. The third-order valence-electron chi connectivity index (χ3n) is 1.19. The minimum Gasteiger partial charge on any atom is -0.243 e. The molecule has 1 heterocycles. The van der Waals surface area contributed by atoms with Gasteiger partial charge in [0.15, 0.2) is 6.67 Å². The highest BCUT2D eigenvalue weighted by Gasteiger charge is 2.15. The molecule has 0 aliphatic carbocycles. The first kappa shape index (κ1) is 7.38. The molecule has 1 aliphatic rings. The SMILES string of the molecule is CC(C)(C)CC1=NCN=N1. The average molecular weight is 139 g/mol. The van der Waals surface area contributed by atoms with Gasteiger partial charge in [0.1, 0.15) is 5.84 Å². The molecule has 0 fully saturated rings. The summed E-state index contributed by atoms with van der Waals surface area (Å²) in [6, 6.07) is 0. The molecular weight excluding hydrogens is 126 g/mol. The van der Waals surface area contributed by atoms with E-state index in [0.29, 0.717) is 6.67 Å². The Morgan fingerprint density at radius 1 is 1.40 bits per heavy atom. The molecule has 0 bridgehead atoms. The maximum absolute atomic E-state index is 4.10. The summed E-state index contributed by atoms with van der Waals surface area (Å²) in [5.41, 5.74) is 0.280. The summed E-state index contributed by atoms with van der Waals surface area (Å²) < 4.78 is 0. The molecule has 0 aromatic rings. The van der Waals surface area contributed by atoms with Gasteiger partial charge in [-0.25, -0.2) is 4.99 Å². The van der Waals surface area contributed by atoms with Crippen molar-refractivity contribution >= 4 is 5.84 Å². The third kappa shape index (κ3) is 2.25. The molecule has 0 atom stereocenters. The molecule has 0 unspecified atom stereocenters. The van der Waals surface area contributed by atoms with Crippen LogP contribution in [0.1, 0.15) is 27.2 Å². The van der Waals surface area contributed by atoms with Crippen molar-refractivity contribution in [2.24, 2.45) is 20.6 Å². The van der Waals surface area contributed by atoms with E-state index in [-0.39, 0.29) is 5.41 Å². The lowest BCUT2D eigenvalue weighted by atomic mass is 9.92. The summed E-state index contributed by atoms with van der Waals surface area (Å²) in [7, 11) is 0. The van der Waals surface area contributed by atoms with Gasteiger partial charge in [-0.2, -0.15) is 5.11 Å². The van der Waals surface area contributed by atoms with Gasteiger partial charge in [-0.05, 0) is 5.41 Å². The number of amidine groups is 1. The fraction of sp³-hybridized carbons (Fsp3) is 0.857. The van der Waals surface area contributed by atoms with Gasteiger partial charge in [0.05, 0.1) is 0 Å². The van der Waals surface area contributed by atoms with E-state index in [1.54, 1.807) is 0 Å². The van der Waals surface area contributed by atoms with Crippen molar-refractivity contribution in [2.45, 2.75) is 27.2 Å². The third-order valence-corrected chi connectivity index (χ3v) is 1.19. The molecule has 0 saturated heterocycles. The second-order valence-electron chi connectivity index (χ2n) is 3.69. The zero-order valence-electron chi connectivity index (χ0n) is 6.76. The van der Waals surface area contributed by atoms with Crippen molar-refractivity contribution in [3.8, 4) is 0 Å². The van der Waals surface area contributed by atoms with E-state index in [1.165, 1.54) is 0 Å². The van der Waals surface area contributed by atoms with Crippen LogP contribution in [0.2, 0.25) is 0 Å².